The number of halogens is 1. The number of hydrogen-bond acceptors (Lipinski definition) is 6. The number of piperazine rings is 1. The zero-order valence-electron chi connectivity index (χ0n) is 19.5. The van der Waals surface area contributed by atoms with Crippen LogP contribution in [0, 0.1) is 18.7 Å². The number of nitrogens with zero attached hydrogens (tertiary/aromatic N) is 5. The van der Waals surface area contributed by atoms with E-state index in [0.717, 1.165) is 30.5 Å². The summed E-state index contributed by atoms with van der Waals surface area (Å²) >= 11 is 0. The molecule has 0 bridgehead atoms. The van der Waals surface area contributed by atoms with Gasteiger partial charge in [0.1, 0.15) is 5.82 Å². The first kappa shape index (κ1) is 22.5. The number of benzene rings is 2. The molecule has 0 saturated carbocycles. The highest BCUT2D eigenvalue weighted by molar-refractivity contribution is 5.79. The van der Waals surface area contributed by atoms with Gasteiger partial charge in [-0.2, -0.15) is 4.98 Å². The molecule has 1 aromatic heterocycles. The van der Waals surface area contributed by atoms with E-state index in [4.69, 9.17) is 4.52 Å². The van der Waals surface area contributed by atoms with Crippen molar-refractivity contribution < 1.29 is 13.7 Å². The standard InChI is InChI=1S/C26H30FN5O2/c1-19-6-4-7-20(16-19)25-28-24(34-29-25)18-30-11-5-8-21(17-30)26(33)32-14-12-31(13-15-32)23-10-3-2-9-22(23)27/h2-4,6-7,9-10,16,21H,5,8,11-15,17-18H2,1H3. The van der Waals surface area contributed by atoms with Gasteiger partial charge in [0, 0.05) is 38.3 Å². The zero-order valence-corrected chi connectivity index (χ0v) is 19.5. The second-order valence-corrected chi connectivity index (χ2v) is 9.22. The third-order valence-corrected chi connectivity index (χ3v) is 6.74. The molecule has 0 N–H and O–H groups in total. The minimum atomic E-state index is -0.211. The van der Waals surface area contributed by atoms with Crippen LogP contribution in [0.3, 0.4) is 0 Å². The molecule has 7 nitrogen and oxygen atoms in total. The summed E-state index contributed by atoms with van der Waals surface area (Å²) in [6, 6.07) is 14.9. The molecule has 0 aliphatic carbocycles. The molecule has 2 aliphatic rings. The summed E-state index contributed by atoms with van der Waals surface area (Å²) in [5.74, 6) is 1.12. The van der Waals surface area contributed by atoms with Gasteiger partial charge in [-0.3, -0.25) is 9.69 Å². The predicted octanol–water partition coefficient (Wildman–Crippen LogP) is 3.74. The Hall–Kier alpha value is -3.26. The highest BCUT2D eigenvalue weighted by Crippen LogP contribution is 2.24. The summed E-state index contributed by atoms with van der Waals surface area (Å²) in [6.07, 6.45) is 1.85. The average molecular weight is 464 g/mol. The molecule has 2 aromatic carbocycles. The lowest BCUT2D eigenvalue weighted by molar-refractivity contribution is -0.137. The number of amides is 1. The molecule has 3 heterocycles. The van der Waals surface area contributed by atoms with E-state index in [9.17, 15) is 9.18 Å². The second-order valence-electron chi connectivity index (χ2n) is 9.22. The molecule has 0 spiro atoms. The quantitative estimate of drug-likeness (QED) is 0.574. The highest BCUT2D eigenvalue weighted by Gasteiger charge is 2.32. The third kappa shape index (κ3) is 4.97. The molecule has 0 radical (unpaired) electrons. The number of aromatic nitrogens is 2. The van der Waals surface area contributed by atoms with E-state index in [-0.39, 0.29) is 17.6 Å². The Morgan fingerprint density at radius 1 is 1.09 bits per heavy atom. The van der Waals surface area contributed by atoms with Gasteiger partial charge < -0.3 is 14.3 Å². The monoisotopic (exact) mass is 463 g/mol. The van der Waals surface area contributed by atoms with Crippen molar-refractivity contribution in [1.29, 1.82) is 0 Å². The van der Waals surface area contributed by atoms with Crippen LogP contribution in [-0.4, -0.2) is 65.1 Å². The number of para-hydroxylation sites is 1. The summed E-state index contributed by atoms with van der Waals surface area (Å²) in [6.45, 7) is 6.71. The molecule has 5 rings (SSSR count). The van der Waals surface area contributed by atoms with Crippen molar-refractivity contribution in [3.63, 3.8) is 0 Å². The van der Waals surface area contributed by atoms with Crippen LogP contribution in [0.4, 0.5) is 10.1 Å². The molecule has 178 valence electrons. The first-order valence-electron chi connectivity index (χ1n) is 12.0. The molecule has 2 saturated heterocycles. The third-order valence-electron chi connectivity index (χ3n) is 6.74. The minimum Gasteiger partial charge on any atom is -0.366 e. The molecule has 2 aliphatic heterocycles. The summed E-state index contributed by atoms with van der Waals surface area (Å²) in [5, 5.41) is 4.14. The Morgan fingerprint density at radius 2 is 1.91 bits per heavy atom. The van der Waals surface area contributed by atoms with Gasteiger partial charge in [0.2, 0.25) is 17.6 Å². The van der Waals surface area contributed by atoms with E-state index in [2.05, 4.69) is 15.0 Å². The Labute approximate surface area is 199 Å². The van der Waals surface area contributed by atoms with Crippen LogP contribution in [-0.2, 0) is 11.3 Å². The van der Waals surface area contributed by atoms with Crippen LogP contribution in [0.25, 0.3) is 11.4 Å². The molecular formula is C26H30FN5O2. The van der Waals surface area contributed by atoms with Crippen molar-refractivity contribution in [1.82, 2.24) is 19.9 Å². The smallest absolute Gasteiger partial charge is 0.241 e. The number of piperidine rings is 1. The topological polar surface area (TPSA) is 65.7 Å². The summed E-state index contributed by atoms with van der Waals surface area (Å²) in [4.78, 5) is 24.0. The Bertz CT molecular complexity index is 1140. The van der Waals surface area contributed by atoms with Gasteiger partial charge in [0.15, 0.2) is 0 Å². The fourth-order valence-corrected chi connectivity index (χ4v) is 4.95. The van der Waals surface area contributed by atoms with Gasteiger partial charge in [-0.15, -0.1) is 0 Å². The molecule has 1 unspecified atom stereocenters. The predicted molar refractivity (Wildman–Crippen MR) is 128 cm³/mol. The minimum absolute atomic E-state index is 0.0343. The fourth-order valence-electron chi connectivity index (χ4n) is 4.95. The van der Waals surface area contributed by atoms with E-state index >= 15 is 0 Å². The maximum absolute atomic E-state index is 14.1. The van der Waals surface area contributed by atoms with E-state index < -0.39 is 0 Å². The first-order valence-corrected chi connectivity index (χ1v) is 12.0. The molecule has 1 amide bonds. The van der Waals surface area contributed by atoms with Crippen LogP contribution < -0.4 is 4.90 Å². The molecule has 1 atom stereocenters. The van der Waals surface area contributed by atoms with Gasteiger partial charge >= 0.3 is 0 Å². The van der Waals surface area contributed by atoms with E-state index in [1.165, 1.54) is 6.07 Å². The average Bonchev–Trinajstić information content (AvgIpc) is 3.33. The zero-order chi connectivity index (χ0) is 23.5. The van der Waals surface area contributed by atoms with Crippen molar-refractivity contribution >= 4 is 11.6 Å². The molecule has 3 aromatic rings. The number of anilines is 1. The normalized spacial score (nSPS) is 19.4. The molecule has 34 heavy (non-hydrogen) atoms. The van der Waals surface area contributed by atoms with Crippen molar-refractivity contribution in [2.24, 2.45) is 5.92 Å². The van der Waals surface area contributed by atoms with Crippen molar-refractivity contribution in [3.05, 3.63) is 65.8 Å². The summed E-state index contributed by atoms with van der Waals surface area (Å²) in [7, 11) is 0. The van der Waals surface area contributed by atoms with E-state index in [1.807, 2.05) is 47.1 Å². The van der Waals surface area contributed by atoms with E-state index in [1.54, 1.807) is 12.1 Å². The van der Waals surface area contributed by atoms with Gasteiger partial charge in [-0.05, 0) is 44.5 Å². The lowest BCUT2D eigenvalue weighted by Crippen LogP contribution is -2.52. The van der Waals surface area contributed by atoms with Crippen molar-refractivity contribution in [2.45, 2.75) is 26.3 Å². The van der Waals surface area contributed by atoms with Crippen LogP contribution in [0.5, 0.6) is 0 Å². The summed E-state index contributed by atoms with van der Waals surface area (Å²) < 4.78 is 19.6. The van der Waals surface area contributed by atoms with Crippen molar-refractivity contribution in [2.75, 3.05) is 44.2 Å². The highest BCUT2D eigenvalue weighted by atomic mass is 19.1. The Morgan fingerprint density at radius 3 is 2.71 bits per heavy atom. The fraction of sp³-hybridized carbons (Fsp3) is 0.423. The van der Waals surface area contributed by atoms with Gasteiger partial charge in [0.25, 0.3) is 0 Å². The van der Waals surface area contributed by atoms with Crippen molar-refractivity contribution in [3.8, 4) is 11.4 Å². The van der Waals surface area contributed by atoms with Crippen LogP contribution in [0.15, 0.2) is 53.1 Å². The summed E-state index contributed by atoms with van der Waals surface area (Å²) in [5.41, 5.74) is 2.70. The maximum atomic E-state index is 14.1. The first-order chi connectivity index (χ1) is 16.6. The number of aryl methyl sites for hydroxylation is 1. The molecule has 8 heteroatoms. The number of carbonyl (C=O) groups is 1. The number of rotatable bonds is 5. The largest absolute Gasteiger partial charge is 0.366 e. The SMILES string of the molecule is Cc1cccc(-c2noc(CN3CCCC(C(=O)N4CCN(c5ccccc5F)CC4)C3)n2)c1. The van der Waals surface area contributed by atoms with E-state index in [0.29, 0.717) is 56.7 Å². The lowest BCUT2D eigenvalue weighted by Gasteiger charge is -2.39. The number of hydrogen-bond donors (Lipinski definition) is 0. The number of likely N-dealkylation sites (tertiary alicyclic amines) is 1. The Balaban J connectivity index is 1.16. The molecular weight excluding hydrogens is 433 g/mol. The van der Waals surface area contributed by atoms with Crippen LogP contribution in [0.2, 0.25) is 0 Å². The number of carbonyl (C=O) groups excluding carboxylic acids is 1. The van der Waals surface area contributed by atoms with Gasteiger partial charge in [-0.25, -0.2) is 4.39 Å². The maximum Gasteiger partial charge on any atom is 0.241 e. The second kappa shape index (κ2) is 9.93. The lowest BCUT2D eigenvalue weighted by atomic mass is 9.96. The molecule has 2 fully saturated rings. The van der Waals surface area contributed by atoms with Gasteiger partial charge in [-0.1, -0.05) is 41.1 Å². The Kier molecular flexibility index (Phi) is 6.58. The van der Waals surface area contributed by atoms with Gasteiger partial charge in [0.05, 0.1) is 18.2 Å². The van der Waals surface area contributed by atoms with Crippen LogP contribution in [0.1, 0.15) is 24.3 Å². The van der Waals surface area contributed by atoms with Crippen LogP contribution >= 0.6 is 0 Å².